The van der Waals surface area contributed by atoms with Crippen LogP contribution in [0.5, 0.6) is 0 Å². The van der Waals surface area contributed by atoms with Gasteiger partial charge in [-0.05, 0) is 44.1 Å². The Labute approximate surface area is 131 Å². The van der Waals surface area contributed by atoms with Gasteiger partial charge in [0.25, 0.3) is 0 Å². The van der Waals surface area contributed by atoms with E-state index < -0.39 is 0 Å². The molecule has 0 radical (unpaired) electrons. The van der Waals surface area contributed by atoms with Crippen molar-refractivity contribution in [2.24, 2.45) is 11.8 Å². The Morgan fingerprint density at radius 1 is 1.05 bits per heavy atom. The lowest BCUT2D eigenvalue weighted by Crippen LogP contribution is -2.25. The first kappa shape index (κ1) is 16.5. The Balaban J connectivity index is 1.69. The Morgan fingerprint density at radius 3 is 2.36 bits per heavy atom. The number of hydrogen-bond donors (Lipinski definition) is 0. The predicted molar refractivity (Wildman–Crippen MR) is 82.9 cm³/mol. The topological polar surface area (TPSA) is 52.6 Å². The minimum atomic E-state index is -0.127. The third kappa shape index (κ3) is 5.17. The lowest BCUT2D eigenvalue weighted by molar-refractivity contribution is -0.151. The van der Waals surface area contributed by atoms with E-state index in [-0.39, 0.29) is 17.9 Å². The molecule has 0 amide bonds. The summed E-state index contributed by atoms with van der Waals surface area (Å²) in [7, 11) is 0. The van der Waals surface area contributed by atoms with E-state index in [1.165, 1.54) is 0 Å². The van der Waals surface area contributed by atoms with Crippen LogP contribution in [-0.2, 0) is 25.7 Å². The maximum atomic E-state index is 12.1. The summed E-state index contributed by atoms with van der Waals surface area (Å²) < 4.78 is 10.4. The Morgan fingerprint density at radius 2 is 1.73 bits per heavy atom. The third-order valence-electron chi connectivity index (χ3n) is 4.16. The standard InChI is InChI=1S/C18H24O4/c1-2-21-17(19)12-14-8-10-16(11-9-14)18(20)22-13-15-6-4-3-5-7-15/h3-7,14,16H,2,8-13H2,1H3/t14-,16+. The summed E-state index contributed by atoms with van der Waals surface area (Å²) in [6, 6.07) is 9.71. The predicted octanol–water partition coefficient (Wildman–Crippen LogP) is 3.49. The molecule has 1 aromatic rings. The highest BCUT2D eigenvalue weighted by atomic mass is 16.5. The highest BCUT2D eigenvalue weighted by molar-refractivity contribution is 5.73. The van der Waals surface area contributed by atoms with Crippen molar-refractivity contribution in [1.82, 2.24) is 0 Å². The summed E-state index contributed by atoms with van der Waals surface area (Å²) >= 11 is 0. The molecular formula is C18H24O4. The number of esters is 2. The third-order valence-corrected chi connectivity index (χ3v) is 4.16. The number of rotatable bonds is 6. The first-order valence-electron chi connectivity index (χ1n) is 8.05. The largest absolute Gasteiger partial charge is 0.466 e. The van der Waals surface area contributed by atoms with Crippen molar-refractivity contribution in [3.8, 4) is 0 Å². The Hall–Kier alpha value is -1.84. The van der Waals surface area contributed by atoms with E-state index in [0.29, 0.717) is 25.6 Å². The van der Waals surface area contributed by atoms with Crippen molar-refractivity contribution in [1.29, 1.82) is 0 Å². The van der Waals surface area contributed by atoms with Crippen LogP contribution in [-0.4, -0.2) is 18.5 Å². The smallest absolute Gasteiger partial charge is 0.309 e. The van der Waals surface area contributed by atoms with Gasteiger partial charge in [-0.25, -0.2) is 0 Å². The minimum Gasteiger partial charge on any atom is -0.466 e. The van der Waals surface area contributed by atoms with Crippen LogP contribution in [0.4, 0.5) is 0 Å². The quantitative estimate of drug-likeness (QED) is 0.755. The molecule has 0 aliphatic heterocycles. The monoisotopic (exact) mass is 304 g/mol. The molecule has 1 fully saturated rings. The van der Waals surface area contributed by atoms with Crippen molar-refractivity contribution in [3.63, 3.8) is 0 Å². The number of carbonyl (C=O) groups excluding carboxylic acids is 2. The summed E-state index contributed by atoms with van der Waals surface area (Å²) in [6.45, 7) is 2.58. The fraction of sp³-hybridized carbons (Fsp3) is 0.556. The average molecular weight is 304 g/mol. The first-order valence-corrected chi connectivity index (χ1v) is 8.05. The van der Waals surface area contributed by atoms with E-state index in [2.05, 4.69) is 0 Å². The van der Waals surface area contributed by atoms with Gasteiger partial charge < -0.3 is 9.47 Å². The number of ether oxygens (including phenoxy) is 2. The van der Waals surface area contributed by atoms with E-state index in [9.17, 15) is 9.59 Å². The fourth-order valence-corrected chi connectivity index (χ4v) is 2.90. The second-order valence-corrected chi connectivity index (χ2v) is 5.82. The molecule has 0 atom stereocenters. The molecule has 1 aliphatic rings. The molecule has 1 aromatic carbocycles. The van der Waals surface area contributed by atoms with E-state index in [4.69, 9.17) is 9.47 Å². The fourth-order valence-electron chi connectivity index (χ4n) is 2.90. The molecule has 4 nitrogen and oxygen atoms in total. The second-order valence-electron chi connectivity index (χ2n) is 5.82. The Kier molecular flexibility index (Phi) is 6.44. The van der Waals surface area contributed by atoms with Crippen LogP contribution in [0.3, 0.4) is 0 Å². The van der Waals surface area contributed by atoms with Gasteiger partial charge in [-0.1, -0.05) is 30.3 Å². The zero-order valence-corrected chi connectivity index (χ0v) is 13.1. The van der Waals surface area contributed by atoms with Crippen molar-refractivity contribution >= 4 is 11.9 Å². The van der Waals surface area contributed by atoms with Crippen LogP contribution in [0.15, 0.2) is 30.3 Å². The SMILES string of the molecule is CCOC(=O)C[C@H]1CC[C@@H](C(=O)OCc2ccccc2)CC1. The molecule has 0 bridgehead atoms. The van der Waals surface area contributed by atoms with Crippen molar-refractivity contribution in [2.45, 2.75) is 45.6 Å². The van der Waals surface area contributed by atoms with Crippen LogP contribution in [0, 0.1) is 11.8 Å². The van der Waals surface area contributed by atoms with Crippen LogP contribution in [0.1, 0.15) is 44.6 Å². The lowest BCUT2D eigenvalue weighted by Gasteiger charge is -2.26. The molecule has 1 saturated carbocycles. The van der Waals surface area contributed by atoms with Gasteiger partial charge in [-0.15, -0.1) is 0 Å². The Bertz CT molecular complexity index is 475. The molecule has 0 N–H and O–H groups in total. The minimum absolute atomic E-state index is 0.0258. The molecular weight excluding hydrogens is 280 g/mol. The second kappa shape index (κ2) is 8.57. The lowest BCUT2D eigenvalue weighted by atomic mass is 9.80. The van der Waals surface area contributed by atoms with Crippen molar-refractivity contribution in [3.05, 3.63) is 35.9 Å². The van der Waals surface area contributed by atoms with E-state index in [0.717, 1.165) is 31.2 Å². The first-order chi connectivity index (χ1) is 10.7. The summed E-state index contributed by atoms with van der Waals surface area (Å²) in [6.07, 6.45) is 3.86. The highest BCUT2D eigenvalue weighted by Crippen LogP contribution is 2.31. The zero-order chi connectivity index (χ0) is 15.8. The highest BCUT2D eigenvalue weighted by Gasteiger charge is 2.28. The van der Waals surface area contributed by atoms with Gasteiger partial charge in [0.15, 0.2) is 0 Å². The van der Waals surface area contributed by atoms with Crippen LogP contribution < -0.4 is 0 Å². The number of hydrogen-bond acceptors (Lipinski definition) is 4. The molecule has 0 heterocycles. The van der Waals surface area contributed by atoms with Crippen LogP contribution in [0.2, 0.25) is 0 Å². The van der Waals surface area contributed by atoms with Crippen LogP contribution >= 0.6 is 0 Å². The van der Waals surface area contributed by atoms with Gasteiger partial charge in [-0.3, -0.25) is 9.59 Å². The molecule has 0 spiro atoms. The normalized spacial score (nSPS) is 21.1. The summed E-state index contributed by atoms with van der Waals surface area (Å²) in [4.78, 5) is 23.6. The molecule has 0 aromatic heterocycles. The molecule has 1 aliphatic carbocycles. The van der Waals surface area contributed by atoms with Crippen molar-refractivity contribution in [2.75, 3.05) is 6.61 Å². The van der Waals surface area contributed by atoms with Gasteiger partial charge in [0.1, 0.15) is 6.61 Å². The maximum absolute atomic E-state index is 12.1. The van der Waals surface area contributed by atoms with Crippen molar-refractivity contribution < 1.29 is 19.1 Å². The molecule has 0 saturated heterocycles. The number of benzene rings is 1. The van der Waals surface area contributed by atoms with Gasteiger partial charge in [-0.2, -0.15) is 0 Å². The van der Waals surface area contributed by atoms with Gasteiger partial charge in [0, 0.05) is 6.42 Å². The molecule has 2 rings (SSSR count). The average Bonchev–Trinajstić information content (AvgIpc) is 2.54. The number of carbonyl (C=O) groups is 2. The summed E-state index contributed by atoms with van der Waals surface area (Å²) in [5.74, 6) is 0.0791. The zero-order valence-electron chi connectivity index (χ0n) is 13.1. The molecule has 120 valence electrons. The van der Waals surface area contributed by atoms with Gasteiger partial charge >= 0.3 is 11.9 Å². The summed E-state index contributed by atoms with van der Waals surface area (Å²) in [5, 5.41) is 0. The molecule has 4 heteroatoms. The molecule has 22 heavy (non-hydrogen) atoms. The van der Waals surface area contributed by atoms with Crippen LogP contribution in [0.25, 0.3) is 0 Å². The maximum Gasteiger partial charge on any atom is 0.309 e. The summed E-state index contributed by atoms with van der Waals surface area (Å²) in [5.41, 5.74) is 1.01. The van der Waals surface area contributed by atoms with Gasteiger partial charge in [0.05, 0.1) is 12.5 Å². The molecule has 0 unspecified atom stereocenters. The van der Waals surface area contributed by atoms with E-state index in [1.807, 2.05) is 37.3 Å². The van der Waals surface area contributed by atoms with E-state index in [1.54, 1.807) is 0 Å². The van der Waals surface area contributed by atoms with E-state index >= 15 is 0 Å². The van der Waals surface area contributed by atoms with Gasteiger partial charge in [0.2, 0.25) is 0 Å².